The Bertz CT molecular complexity index is 838. The average molecular weight is 325 g/mol. The molecule has 0 aliphatic heterocycles. The van der Waals surface area contributed by atoms with Crippen molar-refractivity contribution < 1.29 is 4.39 Å². The summed E-state index contributed by atoms with van der Waals surface area (Å²) in [5, 5.41) is 16.1. The lowest BCUT2D eigenvalue weighted by Gasteiger charge is -2.10. The Morgan fingerprint density at radius 1 is 1.08 bits per heavy atom. The smallest absolute Gasteiger partial charge is 0.188 e. The molecule has 0 spiro atoms. The van der Waals surface area contributed by atoms with Gasteiger partial charge < -0.3 is 5.32 Å². The maximum Gasteiger partial charge on any atom is 0.188 e. The largest absolute Gasteiger partial charge is 0.369 e. The predicted octanol–water partition coefficient (Wildman–Crippen LogP) is 3.92. The normalized spacial score (nSPS) is 15.2. The summed E-state index contributed by atoms with van der Waals surface area (Å²) < 4.78 is 15.6. The van der Waals surface area contributed by atoms with E-state index in [0.717, 1.165) is 18.3 Å². The Hall–Kier alpha value is -2.50. The molecule has 2 aromatic heterocycles. The number of hydrogen-bond acceptors (Lipinski definition) is 4. The van der Waals surface area contributed by atoms with Crippen LogP contribution in [0.25, 0.3) is 17.0 Å². The number of benzene rings is 1. The number of nitrogens with zero attached hydrogens (tertiary/aromatic N) is 4. The molecule has 3 aromatic rings. The van der Waals surface area contributed by atoms with Crippen LogP contribution in [-0.2, 0) is 0 Å². The average Bonchev–Trinajstić information content (AvgIpc) is 3.25. The fourth-order valence-electron chi connectivity index (χ4n) is 3.40. The summed E-state index contributed by atoms with van der Waals surface area (Å²) >= 11 is 0. The first kappa shape index (κ1) is 15.1. The maximum absolute atomic E-state index is 14.0. The van der Waals surface area contributed by atoms with Gasteiger partial charge in [0.1, 0.15) is 11.6 Å². The van der Waals surface area contributed by atoms with Crippen LogP contribution in [0.1, 0.15) is 32.1 Å². The van der Waals surface area contributed by atoms with E-state index in [2.05, 4.69) is 20.6 Å². The van der Waals surface area contributed by atoms with Gasteiger partial charge >= 0.3 is 0 Å². The van der Waals surface area contributed by atoms with Crippen LogP contribution in [0.15, 0.2) is 36.4 Å². The van der Waals surface area contributed by atoms with E-state index >= 15 is 0 Å². The Balaban J connectivity index is 1.55. The highest BCUT2D eigenvalue weighted by molar-refractivity contribution is 5.60. The van der Waals surface area contributed by atoms with E-state index in [1.165, 1.54) is 38.2 Å². The number of hydrogen-bond donors (Lipinski definition) is 1. The van der Waals surface area contributed by atoms with Crippen molar-refractivity contribution in [2.24, 2.45) is 5.92 Å². The van der Waals surface area contributed by atoms with E-state index in [9.17, 15) is 4.39 Å². The summed E-state index contributed by atoms with van der Waals surface area (Å²) in [6.07, 6.45) is 6.58. The summed E-state index contributed by atoms with van der Waals surface area (Å²) in [6.45, 7) is 0.903. The first-order valence-electron chi connectivity index (χ1n) is 8.52. The molecule has 0 amide bonds. The van der Waals surface area contributed by atoms with Crippen molar-refractivity contribution >= 4 is 11.5 Å². The number of halogens is 1. The van der Waals surface area contributed by atoms with Gasteiger partial charge in [-0.15, -0.1) is 15.3 Å². The molecule has 2 heterocycles. The minimum Gasteiger partial charge on any atom is -0.369 e. The molecule has 4 rings (SSSR count). The van der Waals surface area contributed by atoms with Gasteiger partial charge in [0.05, 0.1) is 5.56 Å². The molecule has 1 aromatic carbocycles. The van der Waals surface area contributed by atoms with E-state index in [4.69, 9.17) is 0 Å². The van der Waals surface area contributed by atoms with Gasteiger partial charge in [0.2, 0.25) is 0 Å². The molecule has 0 bridgehead atoms. The maximum atomic E-state index is 14.0. The topological polar surface area (TPSA) is 55.1 Å². The summed E-state index contributed by atoms with van der Waals surface area (Å²) in [6, 6.07) is 10.3. The molecule has 0 radical (unpaired) electrons. The lowest BCUT2D eigenvalue weighted by Crippen LogP contribution is -2.09. The SMILES string of the molecule is Fc1ccccc1-c1nnc2ccc(NCCC3CCCC3)nn12. The van der Waals surface area contributed by atoms with Gasteiger partial charge in [0.15, 0.2) is 11.5 Å². The van der Waals surface area contributed by atoms with Crippen molar-refractivity contribution in [2.75, 3.05) is 11.9 Å². The van der Waals surface area contributed by atoms with E-state index in [0.29, 0.717) is 17.0 Å². The fraction of sp³-hybridized carbons (Fsp3) is 0.389. The second-order valence-electron chi connectivity index (χ2n) is 6.36. The summed E-state index contributed by atoms with van der Waals surface area (Å²) in [5.41, 5.74) is 1.01. The van der Waals surface area contributed by atoms with Crippen molar-refractivity contribution in [1.29, 1.82) is 0 Å². The zero-order valence-corrected chi connectivity index (χ0v) is 13.5. The Labute approximate surface area is 139 Å². The highest BCUT2D eigenvalue weighted by atomic mass is 19.1. The molecule has 0 unspecified atom stereocenters. The van der Waals surface area contributed by atoms with Crippen LogP contribution in [0.2, 0.25) is 0 Å². The van der Waals surface area contributed by atoms with E-state index in [1.807, 2.05) is 12.1 Å². The van der Waals surface area contributed by atoms with Crippen molar-refractivity contribution in [1.82, 2.24) is 19.8 Å². The highest BCUT2D eigenvalue weighted by Crippen LogP contribution is 2.27. The molecule has 1 N–H and O–H groups in total. The fourth-order valence-corrected chi connectivity index (χ4v) is 3.40. The van der Waals surface area contributed by atoms with Crippen molar-refractivity contribution in [3.8, 4) is 11.4 Å². The minimum absolute atomic E-state index is 0.326. The zero-order valence-electron chi connectivity index (χ0n) is 13.5. The van der Waals surface area contributed by atoms with Crippen molar-refractivity contribution in [3.05, 3.63) is 42.2 Å². The van der Waals surface area contributed by atoms with Crippen molar-refractivity contribution in [2.45, 2.75) is 32.1 Å². The molecular formula is C18H20FN5. The van der Waals surface area contributed by atoms with Gasteiger partial charge in [-0.05, 0) is 36.6 Å². The number of anilines is 1. The molecular weight excluding hydrogens is 305 g/mol. The molecule has 5 nitrogen and oxygen atoms in total. The third kappa shape index (κ3) is 2.96. The monoisotopic (exact) mass is 325 g/mol. The first-order chi connectivity index (χ1) is 11.8. The van der Waals surface area contributed by atoms with Gasteiger partial charge in [-0.1, -0.05) is 37.8 Å². The number of rotatable bonds is 5. The summed E-state index contributed by atoms with van der Waals surface area (Å²) in [5.74, 6) is 1.69. The third-order valence-electron chi connectivity index (χ3n) is 4.71. The number of nitrogens with one attached hydrogen (secondary N) is 1. The lowest BCUT2D eigenvalue weighted by atomic mass is 10.0. The molecule has 1 fully saturated rings. The van der Waals surface area contributed by atoms with Crippen LogP contribution in [0.3, 0.4) is 0 Å². The highest BCUT2D eigenvalue weighted by Gasteiger charge is 2.15. The van der Waals surface area contributed by atoms with Gasteiger partial charge in [0.25, 0.3) is 0 Å². The Morgan fingerprint density at radius 2 is 1.92 bits per heavy atom. The van der Waals surface area contributed by atoms with Gasteiger partial charge in [0, 0.05) is 6.54 Å². The zero-order chi connectivity index (χ0) is 16.4. The van der Waals surface area contributed by atoms with Gasteiger partial charge in [-0.3, -0.25) is 0 Å². The third-order valence-corrected chi connectivity index (χ3v) is 4.71. The molecule has 124 valence electrons. The van der Waals surface area contributed by atoms with Gasteiger partial charge in [-0.2, -0.15) is 4.52 Å². The van der Waals surface area contributed by atoms with E-state index in [-0.39, 0.29) is 5.82 Å². The molecule has 1 aliphatic rings. The quantitative estimate of drug-likeness (QED) is 0.772. The molecule has 0 saturated heterocycles. The van der Waals surface area contributed by atoms with Crippen LogP contribution in [-0.4, -0.2) is 26.4 Å². The summed E-state index contributed by atoms with van der Waals surface area (Å²) in [7, 11) is 0. The van der Waals surface area contributed by atoms with Crippen molar-refractivity contribution in [3.63, 3.8) is 0 Å². The Kier molecular flexibility index (Phi) is 4.11. The van der Waals surface area contributed by atoms with Crippen LogP contribution in [0, 0.1) is 11.7 Å². The molecule has 0 atom stereocenters. The number of aromatic nitrogens is 4. The van der Waals surface area contributed by atoms with Crippen LogP contribution in [0.4, 0.5) is 10.2 Å². The van der Waals surface area contributed by atoms with E-state index in [1.54, 1.807) is 22.7 Å². The predicted molar refractivity (Wildman–Crippen MR) is 91.2 cm³/mol. The minimum atomic E-state index is -0.326. The molecule has 1 aliphatic carbocycles. The summed E-state index contributed by atoms with van der Waals surface area (Å²) in [4.78, 5) is 0. The lowest BCUT2D eigenvalue weighted by molar-refractivity contribution is 0.518. The molecule has 1 saturated carbocycles. The van der Waals surface area contributed by atoms with E-state index < -0.39 is 0 Å². The molecule has 6 heteroatoms. The van der Waals surface area contributed by atoms with Crippen LogP contribution >= 0.6 is 0 Å². The second-order valence-corrected chi connectivity index (χ2v) is 6.36. The van der Waals surface area contributed by atoms with Crippen LogP contribution < -0.4 is 5.32 Å². The molecule has 24 heavy (non-hydrogen) atoms. The Morgan fingerprint density at radius 3 is 2.75 bits per heavy atom. The standard InChI is InChI=1S/C18H20FN5/c19-15-8-4-3-7-14(15)18-22-21-17-10-9-16(23-24(17)18)20-12-11-13-5-1-2-6-13/h3-4,7-10,13H,1-2,5-6,11-12H2,(H,20,23). The van der Waals surface area contributed by atoms with Crippen LogP contribution in [0.5, 0.6) is 0 Å². The second kappa shape index (κ2) is 6.55. The first-order valence-corrected chi connectivity index (χ1v) is 8.52. The number of fused-ring (bicyclic) bond motifs is 1. The van der Waals surface area contributed by atoms with Gasteiger partial charge in [-0.25, -0.2) is 4.39 Å².